The standard InChI is InChI=1S/C26H39N9O6/c1-17(2)22(23(39)31-26(8-11-34(3)12-9-26)24(40)27-15-21(37)38)30-20(36)7-5-4-6-10-35-16-19(32-33-35)18-13-28-25(41)29-14-18/h13-14,16-17,22H,4-12,15H2,1-3H3,(H,27,40)(H,30,36)(H,31,39)(H,37,38)(H,28,29,41)/t22-/m0/s1. The molecular formula is C26H39N9O6. The van der Waals surface area contributed by atoms with Crippen LogP contribution in [0.1, 0.15) is 52.4 Å². The number of carboxylic acids is 1. The molecule has 3 heterocycles. The molecule has 224 valence electrons. The molecule has 1 saturated heterocycles. The number of likely N-dealkylation sites (tertiary alicyclic amines) is 1. The maximum atomic E-state index is 13.3. The minimum atomic E-state index is -1.24. The van der Waals surface area contributed by atoms with Gasteiger partial charge in [0.2, 0.25) is 17.7 Å². The van der Waals surface area contributed by atoms with Crippen LogP contribution in [0.2, 0.25) is 0 Å². The van der Waals surface area contributed by atoms with Crippen molar-refractivity contribution in [3.63, 3.8) is 0 Å². The van der Waals surface area contributed by atoms with Crippen molar-refractivity contribution in [2.45, 2.75) is 70.5 Å². The molecule has 1 atom stereocenters. The SMILES string of the molecule is CC(C)[C@H](NC(=O)CCCCCn1cc(-c2cnc(=O)[nH]c2)nn1)C(=O)NC1(C(=O)NCC(=O)O)CCN(C)CC1. The fraction of sp³-hybridized carbons (Fsp3) is 0.615. The van der Waals surface area contributed by atoms with Crippen LogP contribution in [-0.2, 0) is 25.7 Å². The average Bonchev–Trinajstić information content (AvgIpc) is 3.40. The lowest BCUT2D eigenvalue weighted by molar-refractivity contribution is -0.141. The van der Waals surface area contributed by atoms with E-state index in [0.29, 0.717) is 50.2 Å². The van der Waals surface area contributed by atoms with Crippen LogP contribution < -0.4 is 21.6 Å². The number of unbranched alkanes of at least 4 members (excludes halogenated alkanes) is 2. The van der Waals surface area contributed by atoms with Gasteiger partial charge in [-0.15, -0.1) is 5.10 Å². The predicted molar refractivity (Wildman–Crippen MR) is 147 cm³/mol. The minimum absolute atomic E-state index is 0.233. The lowest BCUT2D eigenvalue weighted by Gasteiger charge is -2.40. The summed E-state index contributed by atoms with van der Waals surface area (Å²) in [5, 5.41) is 25.2. The predicted octanol–water partition coefficient (Wildman–Crippen LogP) is -0.489. The summed E-state index contributed by atoms with van der Waals surface area (Å²) in [4.78, 5) is 69.2. The Balaban J connectivity index is 1.47. The van der Waals surface area contributed by atoms with Crippen molar-refractivity contribution in [2.75, 3.05) is 26.7 Å². The van der Waals surface area contributed by atoms with E-state index in [9.17, 15) is 24.0 Å². The van der Waals surface area contributed by atoms with Crippen LogP contribution in [0.5, 0.6) is 0 Å². The minimum Gasteiger partial charge on any atom is -0.480 e. The number of carbonyl (C=O) groups is 4. The van der Waals surface area contributed by atoms with Crippen LogP contribution in [0.3, 0.4) is 0 Å². The van der Waals surface area contributed by atoms with E-state index in [-0.39, 0.29) is 18.2 Å². The molecular weight excluding hydrogens is 534 g/mol. The lowest BCUT2D eigenvalue weighted by atomic mass is 9.85. The molecule has 2 aromatic rings. The molecule has 2 aromatic heterocycles. The number of rotatable bonds is 14. The second-order valence-corrected chi connectivity index (χ2v) is 10.7. The van der Waals surface area contributed by atoms with Gasteiger partial charge in [0.1, 0.15) is 23.8 Å². The van der Waals surface area contributed by atoms with Crippen LogP contribution in [0.15, 0.2) is 23.4 Å². The molecule has 1 fully saturated rings. The molecule has 0 radical (unpaired) electrons. The lowest BCUT2D eigenvalue weighted by Crippen LogP contribution is -2.66. The quantitative estimate of drug-likeness (QED) is 0.183. The van der Waals surface area contributed by atoms with Gasteiger partial charge in [-0.1, -0.05) is 25.5 Å². The fourth-order valence-corrected chi connectivity index (χ4v) is 4.59. The summed E-state index contributed by atoms with van der Waals surface area (Å²) in [5.41, 5.74) is -0.439. The van der Waals surface area contributed by atoms with Crippen molar-refractivity contribution < 1.29 is 24.3 Å². The van der Waals surface area contributed by atoms with Crippen molar-refractivity contribution in [1.29, 1.82) is 0 Å². The molecule has 1 aliphatic heterocycles. The number of H-pyrrole nitrogens is 1. The van der Waals surface area contributed by atoms with Crippen molar-refractivity contribution >= 4 is 23.7 Å². The molecule has 41 heavy (non-hydrogen) atoms. The Hall–Kier alpha value is -4.14. The smallest absolute Gasteiger partial charge is 0.344 e. The second kappa shape index (κ2) is 14.5. The molecule has 0 saturated carbocycles. The molecule has 3 amide bonds. The van der Waals surface area contributed by atoms with Gasteiger partial charge >= 0.3 is 11.7 Å². The number of carbonyl (C=O) groups excluding carboxylic acids is 3. The number of aromatic nitrogens is 5. The maximum Gasteiger partial charge on any atom is 0.344 e. The van der Waals surface area contributed by atoms with E-state index in [4.69, 9.17) is 5.11 Å². The third kappa shape index (κ3) is 9.20. The molecule has 5 N–H and O–H groups in total. The summed E-state index contributed by atoms with van der Waals surface area (Å²) in [6.45, 7) is 4.79. The van der Waals surface area contributed by atoms with E-state index in [1.165, 1.54) is 12.4 Å². The van der Waals surface area contributed by atoms with Gasteiger partial charge in [-0.3, -0.25) is 23.9 Å². The van der Waals surface area contributed by atoms with Gasteiger partial charge in [-0.2, -0.15) is 0 Å². The number of hydrogen-bond donors (Lipinski definition) is 5. The highest BCUT2D eigenvalue weighted by atomic mass is 16.4. The Bertz CT molecular complexity index is 1250. The highest BCUT2D eigenvalue weighted by molar-refractivity contribution is 5.95. The first-order valence-electron chi connectivity index (χ1n) is 13.7. The number of carboxylic acid groups (broad SMARTS) is 1. The summed E-state index contributed by atoms with van der Waals surface area (Å²) in [6.07, 6.45) is 7.72. The van der Waals surface area contributed by atoms with Crippen LogP contribution in [0.25, 0.3) is 11.3 Å². The number of amides is 3. The molecule has 0 aliphatic carbocycles. The number of piperidine rings is 1. The molecule has 0 unspecified atom stereocenters. The summed E-state index contributed by atoms with van der Waals surface area (Å²) in [6, 6.07) is -0.845. The number of aryl methyl sites for hydroxylation is 1. The Morgan fingerprint density at radius 3 is 2.51 bits per heavy atom. The molecule has 15 nitrogen and oxygen atoms in total. The van der Waals surface area contributed by atoms with Crippen molar-refractivity contribution in [3.8, 4) is 11.3 Å². The molecule has 0 bridgehead atoms. The number of nitrogens with zero attached hydrogens (tertiary/aromatic N) is 5. The maximum absolute atomic E-state index is 13.3. The second-order valence-electron chi connectivity index (χ2n) is 10.7. The third-order valence-electron chi connectivity index (χ3n) is 7.10. The summed E-state index contributed by atoms with van der Waals surface area (Å²) in [5.74, 6) is -2.67. The Kier molecular flexibility index (Phi) is 11.1. The van der Waals surface area contributed by atoms with Crippen molar-refractivity contribution in [1.82, 2.24) is 45.8 Å². The van der Waals surface area contributed by atoms with Gasteiger partial charge in [0, 0.05) is 44.0 Å². The highest BCUT2D eigenvalue weighted by Gasteiger charge is 2.43. The van der Waals surface area contributed by atoms with E-state index >= 15 is 0 Å². The number of aromatic amines is 1. The van der Waals surface area contributed by atoms with Crippen LogP contribution in [-0.4, -0.2) is 96.9 Å². The Morgan fingerprint density at radius 2 is 1.88 bits per heavy atom. The number of hydrogen-bond acceptors (Lipinski definition) is 9. The van der Waals surface area contributed by atoms with Crippen LogP contribution >= 0.6 is 0 Å². The zero-order valence-electron chi connectivity index (χ0n) is 23.7. The fourth-order valence-electron chi connectivity index (χ4n) is 4.59. The first-order valence-corrected chi connectivity index (χ1v) is 13.7. The summed E-state index contributed by atoms with van der Waals surface area (Å²) in [7, 11) is 1.91. The number of aliphatic carboxylic acids is 1. The van der Waals surface area contributed by atoms with E-state index in [2.05, 4.69) is 36.2 Å². The molecule has 0 aromatic carbocycles. The van der Waals surface area contributed by atoms with Crippen molar-refractivity contribution in [2.24, 2.45) is 5.92 Å². The Labute approximate surface area is 237 Å². The zero-order chi connectivity index (χ0) is 30.0. The van der Waals surface area contributed by atoms with Gasteiger partial charge in [0.15, 0.2) is 0 Å². The molecule has 3 rings (SSSR count). The third-order valence-corrected chi connectivity index (χ3v) is 7.10. The van der Waals surface area contributed by atoms with E-state index in [1.807, 2.05) is 25.8 Å². The summed E-state index contributed by atoms with van der Waals surface area (Å²) < 4.78 is 1.69. The average molecular weight is 574 g/mol. The first kappa shape index (κ1) is 31.4. The topological polar surface area (TPSA) is 204 Å². The van der Waals surface area contributed by atoms with Crippen molar-refractivity contribution in [3.05, 3.63) is 29.1 Å². The first-order chi connectivity index (χ1) is 19.5. The normalized spacial score (nSPS) is 15.7. The monoisotopic (exact) mass is 573 g/mol. The number of nitrogens with one attached hydrogen (secondary N) is 4. The summed E-state index contributed by atoms with van der Waals surface area (Å²) >= 11 is 0. The van der Waals surface area contributed by atoms with Gasteiger partial charge in [0.25, 0.3) is 0 Å². The Morgan fingerprint density at radius 1 is 1.15 bits per heavy atom. The van der Waals surface area contributed by atoms with E-state index in [1.54, 1.807) is 10.9 Å². The largest absolute Gasteiger partial charge is 0.480 e. The van der Waals surface area contributed by atoms with Gasteiger partial charge < -0.3 is 30.9 Å². The molecule has 15 heteroatoms. The van der Waals surface area contributed by atoms with E-state index in [0.717, 1.165) is 12.8 Å². The van der Waals surface area contributed by atoms with Gasteiger partial charge in [0.05, 0.1) is 6.20 Å². The highest BCUT2D eigenvalue weighted by Crippen LogP contribution is 2.23. The van der Waals surface area contributed by atoms with E-state index < -0.39 is 41.6 Å². The van der Waals surface area contributed by atoms with Gasteiger partial charge in [-0.05, 0) is 38.6 Å². The molecule has 1 aliphatic rings. The van der Waals surface area contributed by atoms with Crippen LogP contribution in [0.4, 0.5) is 0 Å². The van der Waals surface area contributed by atoms with Gasteiger partial charge in [-0.25, -0.2) is 9.78 Å². The molecule has 0 spiro atoms. The zero-order valence-corrected chi connectivity index (χ0v) is 23.7. The van der Waals surface area contributed by atoms with Crippen LogP contribution in [0, 0.1) is 5.92 Å².